The van der Waals surface area contributed by atoms with Gasteiger partial charge in [0, 0.05) is 6.54 Å². The van der Waals surface area contributed by atoms with Crippen molar-refractivity contribution >= 4 is 12.0 Å². The fourth-order valence-corrected chi connectivity index (χ4v) is 1.98. The third kappa shape index (κ3) is 4.91. The van der Waals surface area contributed by atoms with Crippen LogP contribution in [0, 0.1) is 0 Å². The molecule has 1 aliphatic rings. The van der Waals surface area contributed by atoms with Gasteiger partial charge in [-0.25, -0.2) is 4.79 Å². The Morgan fingerprint density at radius 2 is 2.06 bits per heavy atom. The molecule has 6 nitrogen and oxygen atoms in total. The number of carbonyl (C=O) groups is 2. The number of carbonyl (C=O) groups excluding carboxylic acids is 1. The van der Waals surface area contributed by atoms with E-state index in [9.17, 15) is 9.59 Å². The van der Waals surface area contributed by atoms with Gasteiger partial charge in [-0.05, 0) is 33.1 Å². The smallest absolute Gasteiger partial charge is 0.315 e. The number of carboxylic acid groups (broad SMARTS) is 1. The fraction of sp³-hybridized carbons (Fsp3) is 0.833. The first-order valence-electron chi connectivity index (χ1n) is 6.33. The van der Waals surface area contributed by atoms with Crippen LogP contribution in [-0.4, -0.2) is 41.9 Å². The number of nitrogens with one attached hydrogen (secondary N) is 2. The van der Waals surface area contributed by atoms with Crippen molar-refractivity contribution in [2.75, 3.05) is 13.2 Å². The number of rotatable bonds is 7. The van der Waals surface area contributed by atoms with E-state index in [-0.39, 0.29) is 18.6 Å². The Balaban J connectivity index is 2.23. The molecule has 0 radical (unpaired) electrons. The van der Waals surface area contributed by atoms with Gasteiger partial charge >= 0.3 is 12.0 Å². The first kappa shape index (κ1) is 14.8. The zero-order valence-corrected chi connectivity index (χ0v) is 11.0. The summed E-state index contributed by atoms with van der Waals surface area (Å²) < 4.78 is 5.29. The minimum absolute atomic E-state index is 0.0110. The van der Waals surface area contributed by atoms with Crippen molar-refractivity contribution in [2.24, 2.45) is 0 Å². The minimum atomic E-state index is -0.877. The Hall–Kier alpha value is -1.30. The maximum atomic E-state index is 11.6. The summed E-state index contributed by atoms with van der Waals surface area (Å²) in [6.45, 7) is 4.73. The van der Waals surface area contributed by atoms with Crippen molar-refractivity contribution in [3.8, 4) is 0 Å². The van der Waals surface area contributed by atoms with Crippen LogP contribution in [0.2, 0.25) is 0 Å². The molecule has 3 N–H and O–H groups in total. The maximum absolute atomic E-state index is 11.6. The van der Waals surface area contributed by atoms with Crippen molar-refractivity contribution in [1.82, 2.24) is 10.6 Å². The van der Waals surface area contributed by atoms with Crippen LogP contribution in [-0.2, 0) is 9.53 Å². The molecule has 0 aromatic heterocycles. The van der Waals surface area contributed by atoms with Gasteiger partial charge in [0.2, 0.25) is 0 Å². The van der Waals surface area contributed by atoms with Gasteiger partial charge in [-0.1, -0.05) is 0 Å². The van der Waals surface area contributed by atoms with Gasteiger partial charge in [0.25, 0.3) is 0 Å². The van der Waals surface area contributed by atoms with E-state index in [0.717, 1.165) is 19.3 Å². The van der Waals surface area contributed by atoms with Crippen LogP contribution in [0.5, 0.6) is 0 Å². The summed E-state index contributed by atoms with van der Waals surface area (Å²) in [5.74, 6) is -0.877. The number of hydrogen-bond acceptors (Lipinski definition) is 3. The minimum Gasteiger partial charge on any atom is -0.481 e. The molecule has 1 saturated carbocycles. The number of amides is 2. The highest BCUT2D eigenvalue weighted by molar-refractivity contribution is 5.77. The summed E-state index contributed by atoms with van der Waals surface area (Å²) in [4.78, 5) is 22.3. The van der Waals surface area contributed by atoms with Gasteiger partial charge in [0.1, 0.15) is 0 Å². The third-order valence-electron chi connectivity index (χ3n) is 3.02. The zero-order chi connectivity index (χ0) is 13.6. The maximum Gasteiger partial charge on any atom is 0.315 e. The predicted molar refractivity (Wildman–Crippen MR) is 66.5 cm³/mol. The molecule has 0 atom stereocenters. The predicted octanol–water partition coefficient (Wildman–Crippen LogP) is 1.11. The molecule has 6 heteroatoms. The number of ether oxygens (including phenoxy) is 1. The highest BCUT2D eigenvalue weighted by atomic mass is 16.5. The molecule has 0 spiro atoms. The second-order valence-corrected chi connectivity index (χ2v) is 5.00. The molecule has 104 valence electrons. The van der Waals surface area contributed by atoms with Gasteiger partial charge in [-0.15, -0.1) is 0 Å². The molecule has 1 aliphatic carbocycles. The number of hydrogen-bond donors (Lipinski definition) is 3. The van der Waals surface area contributed by atoms with Gasteiger partial charge in [0.05, 0.1) is 24.7 Å². The molecule has 0 heterocycles. The van der Waals surface area contributed by atoms with Crippen molar-refractivity contribution < 1.29 is 19.4 Å². The van der Waals surface area contributed by atoms with E-state index in [4.69, 9.17) is 9.84 Å². The Labute approximate surface area is 107 Å². The first-order chi connectivity index (χ1) is 8.43. The molecule has 0 saturated heterocycles. The molecular formula is C12H22N2O4. The van der Waals surface area contributed by atoms with Gasteiger partial charge in [-0.2, -0.15) is 0 Å². The summed E-state index contributed by atoms with van der Waals surface area (Å²) in [5, 5.41) is 14.2. The second kappa shape index (κ2) is 6.58. The summed E-state index contributed by atoms with van der Waals surface area (Å²) in [7, 11) is 0. The summed E-state index contributed by atoms with van der Waals surface area (Å²) in [6.07, 6.45) is 2.55. The second-order valence-electron chi connectivity index (χ2n) is 5.00. The van der Waals surface area contributed by atoms with Crippen molar-refractivity contribution in [2.45, 2.75) is 51.2 Å². The first-order valence-corrected chi connectivity index (χ1v) is 6.33. The Morgan fingerprint density at radius 3 is 2.50 bits per heavy atom. The average Bonchev–Trinajstić information content (AvgIpc) is 2.20. The van der Waals surface area contributed by atoms with Crippen LogP contribution >= 0.6 is 0 Å². The van der Waals surface area contributed by atoms with Crippen LogP contribution in [0.4, 0.5) is 4.79 Å². The molecule has 0 bridgehead atoms. The molecular weight excluding hydrogens is 236 g/mol. The molecule has 0 aliphatic heterocycles. The number of urea groups is 1. The molecule has 1 fully saturated rings. The lowest BCUT2D eigenvalue weighted by Crippen LogP contribution is -2.57. The van der Waals surface area contributed by atoms with Crippen molar-refractivity contribution in [3.63, 3.8) is 0 Å². The molecule has 2 amide bonds. The standard InChI is InChI=1S/C12H22N2O4/c1-9(2)18-7-6-13-11(17)14-12(4-3-5-12)8-10(15)16/h9H,3-8H2,1-2H3,(H,15,16)(H2,13,14,17). The van der Waals surface area contributed by atoms with Crippen LogP contribution < -0.4 is 10.6 Å². The van der Waals surface area contributed by atoms with Crippen LogP contribution in [0.15, 0.2) is 0 Å². The van der Waals surface area contributed by atoms with E-state index >= 15 is 0 Å². The Kier molecular flexibility index (Phi) is 5.40. The summed E-state index contributed by atoms with van der Waals surface area (Å²) >= 11 is 0. The average molecular weight is 258 g/mol. The van der Waals surface area contributed by atoms with Crippen LogP contribution in [0.25, 0.3) is 0 Å². The topological polar surface area (TPSA) is 87.7 Å². The van der Waals surface area contributed by atoms with E-state index in [1.165, 1.54) is 0 Å². The monoisotopic (exact) mass is 258 g/mol. The number of aliphatic carboxylic acids is 1. The number of carboxylic acids is 1. The van der Waals surface area contributed by atoms with Gasteiger partial charge in [-0.3, -0.25) is 4.79 Å². The third-order valence-corrected chi connectivity index (χ3v) is 3.02. The lowest BCUT2D eigenvalue weighted by molar-refractivity contribution is -0.139. The highest BCUT2D eigenvalue weighted by Gasteiger charge is 2.40. The lowest BCUT2D eigenvalue weighted by atomic mass is 9.74. The van der Waals surface area contributed by atoms with Crippen molar-refractivity contribution in [1.29, 1.82) is 0 Å². The van der Waals surface area contributed by atoms with Crippen molar-refractivity contribution in [3.05, 3.63) is 0 Å². The SMILES string of the molecule is CC(C)OCCNC(=O)NC1(CC(=O)O)CCC1. The molecule has 0 aromatic rings. The van der Waals surface area contributed by atoms with E-state index in [1.54, 1.807) is 0 Å². The van der Waals surface area contributed by atoms with E-state index < -0.39 is 11.5 Å². The molecule has 0 unspecified atom stereocenters. The highest BCUT2D eigenvalue weighted by Crippen LogP contribution is 2.34. The summed E-state index contributed by atoms with van der Waals surface area (Å²) in [5.41, 5.74) is -0.547. The molecule has 18 heavy (non-hydrogen) atoms. The molecule has 1 rings (SSSR count). The van der Waals surface area contributed by atoms with Crippen LogP contribution in [0.1, 0.15) is 39.5 Å². The zero-order valence-electron chi connectivity index (χ0n) is 11.0. The summed E-state index contributed by atoms with van der Waals surface area (Å²) in [6, 6.07) is -0.316. The molecule has 0 aromatic carbocycles. The Morgan fingerprint density at radius 1 is 1.39 bits per heavy atom. The fourth-order valence-electron chi connectivity index (χ4n) is 1.98. The van der Waals surface area contributed by atoms with Crippen LogP contribution in [0.3, 0.4) is 0 Å². The van der Waals surface area contributed by atoms with Gasteiger partial charge < -0.3 is 20.5 Å². The largest absolute Gasteiger partial charge is 0.481 e. The quantitative estimate of drug-likeness (QED) is 0.597. The van der Waals surface area contributed by atoms with E-state index in [0.29, 0.717) is 13.2 Å². The Bertz CT molecular complexity index is 300. The normalized spacial score (nSPS) is 17.1. The van der Waals surface area contributed by atoms with Gasteiger partial charge in [0.15, 0.2) is 0 Å². The van der Waals surface area contributed by atoms with E-state index in [2.05, 4.69) is 10.6 Å². The van der Waals surface area contributed by atoms with E-state index in [1.807, 2.05) is 13.8 Å². The lowest BCUT2D eigenvalue weighted by Gasteiger charge is -2.41.